The molecule has 0 saturated heterocycles. The molecule has 0 radical (unpaired) electrons. The lowest BCUT2D eigenvalue weighted by Gasteiger charge is -2.08. The smallest absolute Gasteiger partial charge is 0.351 e. The summed E-state index contributed by atoms with van der Waals surface area (Å²) in [6.07, 6.45) is 1.30. The summed E-state index contributed by atoms with van der Waals surface area (Å²) in [5, 5.41) is 16.8. The zero-order valence-electron chi connectivity index (χ0n) is 14.5. The Bertz CT molecular complexity index is 1040. The standard InChI is InChI=1S/C16H12F2N6O4S/c17-10-2-1-9(5-11(10)18)21-13(25)6-19-14(26)7-28-16(27)15-12(3-4-29-15)24-8-20-22-23-24/h1-5,8H,6-7H2,(H,19,26)(H,21,25). The van der Waals surface area contributed by atoms with E-state index < -0.39 is 42.6 Å². The number of benzene rings is 1. The predicted octanol–water partition coefficient (Wildman–Crippen LogP) is 0.914. The maximum absolute atomic E-state index is 13.1. The van der Waals surface area contributed by atoms with E-state index in [1.165, 1.54) is 17.1 Å². The molecule has 10 nitrogen and oxygen atoms in total. The first kappa shape index (κ1) is 20.0. The molecule has 0 atom stereocenters. The monoisotopic (exact) mass is 422 g/mol. The van der Waals surface area contributed by atoms with Crippen molar-refractivity contribution < 1.29 is 27.9 Å². The van der Waals surface area contributed by atoms with Gasteiger partial charge in [0.2, 0.25) is 5.91 Å². The highest BCUT2D eigenvalue weighted by Crippen LogP contribution is 2.20. The molecular weight excluding hydrogens is 410 g/mol. The van der Waals surface area contributed by atoms with Crippen molar-refractivity contribution in [1.82, 2.24) is 25.5 Å². The maximum atomic E-state index is 13.1. The molecule has 2 aromatic heterocycles. The first-order valence-corrected chi connectivity index (χ1v) is 8.81. The highest BCUT2D eigenvalue weighted by Gasteiger charge is 2.18. The van der Waals surface area contributed by atoms with Crippen LogP contribution in [0.1, 0.15) is 9.67 Å². The summed E-state index contributed by atoms with van der Waals surface area (Å²) in [5.74, 6) is -4.32. The number of tetrazole rings is 1. The number of nitrogens with zero attached hydrogens (tertiary/aromatic N) is 4. The number of thiophene rings is 1. The van der Waals surface area contributed by atoms with Gasteiger partial charge in [0, 0.05) is 11.8 Å². The Morgan fingerprint density at radius 2 is 1.97 bits per heavy atom. The van der Waals surface area contributed by atoms with Gasteiger partial charge in [-0.1, -0.05) is 0 Å². The van der Waals surface area contributed by atoms with Crippen molar-refractivity contribution >= 4 is 34.8 Å². The van der Waals surface area contributed by atoms with Crippen LogP contribution in [-0.2, 0) is 14.3 Å². The molecule has 0 fully saturated rings. The minimum Gasteiger partial charge on any atom is -0.451 e. The average molecular weight is 422 g/mol. The predicted molar refractivity (Wildman–Crippen MR) is 95.3 cm³/mol. The molecule has 0 spiro atoms. The number of carbonyl (C=O) groups is 3. The summed E-state index contributed by atoms with van der Waals surface area (Å²) in [5.41, 5.74) is 0.429. The highest BCUT2D eigenvalue weighted by atomic mass is 32.1. The molecule has 0 aliphatic heterocycles. The Labute approximate surface area is 165 Å². The van der Waals surface area contributed by atoms with Gasteiger partial charge in [0.25, 0.3) is 5.91 Å². The molecular formula is C16H12F2N6O4S. The fraction of sp³-hybridized carbons (Fsp3) is 0.125. The van der Waals surface area contributed by atoms with Crippen molar-refractivity contribution in [3.8, 4) is 5.69 Å². The van der Waals surface area contributed by atoms with Gasteiger partial charge >= 0.3 is 5.97 Å². The number of nitrogens with one attached hydrogen (secondary N) is 2. The average Bonchev–Trinajstić information content (AvgIpc) is 3.38. The van der Waals surface area contributed by atoms with E-state index in [2.05, 4.69) is 26.2 Å². The number of rotatable bonds is 7. The SMILES string of the molecule is O=C(COC(=O)c1sccc1-n1cnnn1)NCC(=O)Nc1ccc(F)c(F)c1. The Morgan fingerprint density at radius 3 is 2.69 bits per heavy atom. The minimum absolute atomic E-state index is 0.0300. The Hall–Kier alpha value is -3.74. The van der Waals surface area contributed by atoms with E-state index in [1.54, 1.807) is 11.4 Å². The van der Waals surface area contributed by atoms with Crippen molar-refractivity contribution in [1.29, 1.82) is 0 Å². The topological polar surface area (TPSA) is 128 Å². The van der Waals surface area contributed by atoms with Gasteiger partial charge in [-0.15, -0.1) is 16.4 Å². The maximum Gasteiger partial charge on any atom is 0.351 e. The summed E-state index contributed by atoms with van der Waals surface area (Å²) >= 11 is 1.09. The third-order valence-corrected chi connectivity index (χ3v) is 4.29. The number of aromatic nitrogens is 4. The van der Waals surface area contributed by atoms with Crippen LogP contribution in [0.2, 0.25) is 0 Å². The summed E-state index contributed by atoms with van der Waals surface area (Å²) in [6.45, 7) is -1.07. The van der Waals surface area contributed by atoms with Crippen LogP contribution in [0.4, 0.5) is 14.5 Å². The van der Waals surface area contributed by atoms with E-state index in [-0.39, 0.29) is 10.6 Å². The van der Waals surface area contributed by atoms with Gasteiger partial charge in [0.15, 0.2) is 18.2 Å². The van der Waals surface area contributed by atoms with Gasteiger partial charge in [-0.3, -0.25) is 9.59 Å². The molecule has 2 N–H and O–H groups in total. The van der Waals surface area contributed by atoms with Crippen LogP contribution in [0.15, 0.2) is 36.0 Å². The first-order valence-electron chi connectivity index (χ1n) is 7.93. The second-order valence-electron chi connectivity index (χ2n) is 5.42. The van der Waals surface area contributed by atoms with Gasteiger partial charge in [0.05, 0.1) is 12.2 Å². The molecule has 0 saturated carbocycles. The quantitative estimate of drug-likeness (QED) is 0.542. The molecule has 2 amide bonds. The number of hydrogen-bond acceptors (Lipinski definition) is 8. The van der Waals surface area contributed by atoms with Gasteiger partial charge in [-0.25, -0.2) is 13.6 Å². The van der Waals surface area contributed by atoms with Crippen LogP contribution in [0.25, 0.3) is 5.69 Å². The van der Waals surface area contributed by atoms with Crippen LogP contribution in [-0.4, -0.2) is 51.1 Å². The first-order chi connectivity index (χ1) is 13.9. The third kappa shape index (κ3) is 5.16. The van der Waals surface area contributed by atoms with Crippen LogP contribution >= 0.6 is 11.3 Å². The van der Waals surface area contributed by atoms with Crippen molar-refractivity contribution in [2.45, 2.75) is 0 Å². The molecule has 150 valence electrons. The van der Waals surface area contributed by atoms with E-state index in [0.717, 1.165) is 23.5 Å². The molecule has 29 heavy (non-hydrogen) atoms. The normalized spacial score (nSPS) is 10.4. The molecule has 3 aromatic rings. The van der Waals surface area contributed by atoms with Gasteiger partial charge in [0.1, 0.15) is 11.2 Å². The number of amides is 2. The number of hydrogen-bond donors (Lipinski definition) is 2. The van der Waals surface area contributed by atoms with Gasteiger partial charge < -0.3 is 15.4 Å². The molecule has 0 aliphatic carbocycles. The number of anilines is 1. The number of halogens is 2. The van der Waals surface area contributed by atoms with Crippen molar-refractivity contribution in [3.05, 3.63) is 52.5 Å². The lowest BCUT2D eigenvalue weighted by Crippen LogP contribution is -2.35. The Kier molecular flexibility index (Phi) is 6.19. The fourth-order valence-electron chi connectivity index (χ4n) is 2.11. The molecule has 13 heteroatoms. The van der Waals surface area contributed by atoms with E-state index in [0.29, 0.717) is 5.69 Å². The third-order valence-electron chi connectivity index (χ3n) is 3.41. The molecule has 2 heterocycles. The zero-order valence-corrected chi connectivity index (χ0v) is 15.3. The molecule has 0 bridgehead atoms. The van der Waals surface area contributed by atoms with E-state index >= 15 is 0 Å². The van der Waals surface area contributed by atoms with Crippen LogP contribution < -0.4 is 10.6 Å². The van der Waals surface area contributed by atoms with Crippen molar-refractivity contribution in [3.63, 3.8) is 0 Å². The number of esters is 1. The highest BCUT2D eigenvalue weighted by molar-refractivity contribution is 7.12. The lowest BCUT2D eigenvalue weighted by atomic mass is 10.3. The minimum atomic E-state index is -1.12. The van der Waals surface area contributed by atoms with Crippen LogP contribution in [0, 0.1) is 11.6 Å². The van der Waals surface area contributed by atoms with Crippen LogP contribution in [0.5, 0.6) is 0 Å². The lowest BCUT2D eigenvalue weighted by molar-refractivity contribution is -0.126. The summed E-state index contributed by atoms with van der Waals surface area (Å²) in [4.78, 5) is 35.9. The Balaban J connectivity index is 1.45. The Morgan fingerprint density at radius 1 is 1.14 bits per heavy atom. The summed E-state index contributed by atoms with van der Waals surface area (Å²) in [6, 6.07) is 4.45. The largest absolute Gasteiger partial charge is 0.451 e. The van der Waals surface area contributed by atoms with E-state index in [4.69, 9.17) is 4.74 Å². The molecule has 3 rings (SSSR count). The second kappa shape index (κ2) is 8.97. The summed E-state index contributed by atoms with van der Waals surface area (Å²) in [7, 11) is 0. The molecule has 0 unspecified atom stereocenters. The van der Waals surface area contributed by atoms with Crippen molar-refractivity contribution in [2.75, 3.05) is 18.5 Å². The number of carbonyl (C=O) groups excluding carboxylic acids is 3. The van der Waals surface area contributed by atoms with Gasteiger partial charge in [-0.05, 0) is 34.0 Å². The molecule has 0 aliphatic rings. The second-order valence-corrected chi connectivity index (χ2v) is 6.34. The van der Waals surface area contributed by atoms with Crippen LogP contribution in [0.3, 0.4) is 0 Å². The van der Waals surface area contributed by atoms with E-state index in [1.807, 2.05) is 0 Å². The molecule has 1 aromatic carbocycles. The van der Waals surface area contributed by atoms with E-state index in [9.17, 15) is 23.2 Å². The number of ether oxygens (including phenoxy) is 1. The fourth-order valence-corrected chi connectivity index (χ4v) is 2.88. The van der Waals surface area contributed by atoms with Crippen molar-refractivity contribution in [2.24, 2.45) is 0 Å². The zero-order chi connectivity index (χ0) is 20.8. The van der Waals surface area contributed by atoms with Gasteiger partial charge in [-0.2, -0.15) is 4.68 Å². The summed E-state index contributed by atoms with van der Waals surface area (Å²) < 4.78 is 32.1.